The van der Waals surface area contributed by atoms with E-state index in [1.807, 2.05) is 55.6 Å². The van der Waals surface area contributed by atoms with E-state index in [2.05, 4.69) is 16.4 Å². The molecule has 0 aliphatic rings. The number of aromatic nitrogens is 1. The fourth-order valence-electron chi connectivity index (χ4n) is 2.56. The minimum atomic E-state index is -0.0667. The van der Waals surface area contributed by atoms with Gasteiger partial charge in [0.25, 0.3) is 0 Å². The van der Waals surface area contributed by atoms with E-state index in [0.29, 0.717) is 5.02 Å². The van der Waals surface area contributed by atoms with E-state index in [0.717, 1.165) is 33.1 Å². The Labute approximate surface area is 150 Å². The molecule has 0 aliphatic heterocycles. The number of carbonyl (C=O) groups excluding carboxylic acids is 1. The van der Waals surface area contributed by atoms with Crippen LogP contribution in [0.5, 0.6) is 0 Å². The normalized spacial score (nSPS) is 10.6. The van der Waals surface area contributed by atoms with Gasteiger partial charge in [0, 0.05) is 21.7 Å². The van der Waals surface area contributed by atoms with Crippen molar-refractivity contribution in [3.63, 3.8) is 0 Å². The van der Waals surface area contributed by atoms with Crippen LogP contribution < -0.4 is 5.32 Å². The first-order valence-corrected chi connectivity index (χ1v) is 8.84. The number of thiazole rings is 1. The third-order valence-electron chi connectivity index (χ3n) is 3.47. The molecule has 0 spiro atoms. The Morgan fingerprint density at radius 3 is 2.62 bits per heavy atom. The molecule has 3 aromatic rings. The Morgan fingerprint density at radius 2 is 1.92 bits per heavy atom. The van der Waals surface area contributed by atoms with Crippen LogP contribution in [-0.4, -0.2) is 10.9 Å². The Kier molecular flexibility index (Phi) is 4.97. The predicted octanol–water partition coefficient (Wildman–Crippen LogP) is 5.26. The van der Waals surface area contributed by atoms with E-state index in [1.54, 1.807) is 0 Å². The molecule has 0 radical (unpaired) electrons. The molecule has 122 valence electrons. The van der Waals surface area contributed by atoms with Gasteiger partial charge in [-0.1, -0.05) is 29.8 Å². The molecule has 0 saturated carbocycles. The van der Waals surface area contributed by atoms with Gasteiger partial charge in [-0.2, -0.15) is 0 Å². The first-order chi connectivity index (χ1) is 11.5. The number of nitrogens with zero attached hydrogens (tertiary/aromatic N) is 1. The van der Waals surface area contributed by atoms with Crippen molar-refractivity contribution in [2.75, 3.05) is 5.32 Å². The number of nitrogens with one attached hydrogen (secondary N) is 1. The first-order valence-electron chi connectivity index (χ1n) is 7.58. The lowest BCUT2D eigenvalue weighted by Crippen LogP contribution is -2.14. The summed E-state index contributed by atoms with van der Waals surface area (Å²) < 4.78 is 0. The van der Waals surface area contributed by atoms with Gasteiger partial charge in [0.1, 0.15) is 5.01 Å². The third kappa shape index (κ3) is 4.22. The van der Waals surface area contributed by atoms with Gasteiger partial charge in [0.05, 0.1) is 12.1 Å². The van der Waals surface area contributed by atoms with Crippen LogP contribution in [0.25, 0.3) is 10.6 Å². The summed E-state index contributed by atoms with van der Waals surface area (Å²) in [5.74, 6) is -0.0667. The van der Waals surface area contributed by atoms with E-state index in [4.69, 9.17) is 11.6 Å². The Morgan fingerprint density at radius 1 is 1.17 bits per heavy atom. The molecule has 0 aliphatic carbocycles. The van der Waals surface area contributed by atoms with Gasteiger partial charge >= 0.3 is 0 Å². The molecule has 5 heteroatoms. The van der Waals surface area contributed by atoms with Crippen molar-refractivity contribution < 1.29 is 4.79 Å². The maximum absolute atomic E-state index is 12.2. The SMILES string of the molecule is Cc1cc(C)cc(NC(=O)Cc2csc(-c3cccc(Cl)c3)n2)c1. The summed E-state index contributed by atoms with van der Waals surface area (Å²) in [5.41, 5.74) is 4.80. The highest BCUT2D eigenvalue weighted by Crippen LogP contribution is 2.26. The number of benzene rings is 2. The number of halogens is 1. The average molecular weight is 357 g/mol. The fraction of sp³-hybridized carbons (Fsp3) is 0.158. The molecule has 1 heterocycles. The number of aryl methyl sites for hydroxylation is 2. The van der Waals surface area contributed by atoms with Crippen molar-refractivity contribution in [3.05, 3.63) is 69.7 Å². The lowest BCUT2D eigenvalue weighted by Gasteiger charge is -2.06. The zero-order chi connectivity index (χ0) is 17.1. The van der Waals surface area contributed by atoms with Crippen LogP contribution in [0.3, 0.4) is 0 Å². The predicted molar refractivity (Wildman–Crippen MR) is 101 cm³/mol. The largest absolute Gasteiger partial charge is 0.326 e. The molecular weight excluding hydrogens is 340 g/mol. The minimum Gasteiger partial charge on any atom is -0.326 e. The summed E-state index contributed by atoms with van der Waals surface area (Å²) in [6.45, 7) is 4.03. The number of hydrogen-bond donors (Lipinski definition) is 1. The monoisotopic (exact) mass is 356 g/mol. The van der Waals surface area contributed by atoms with Gasteiger partial charge in [0.2, 0.25) is 5.91 Å². The maximum Gasteiger partial charge on any atom is 0.230 e. The minimum absolute atomic E-state index is 0.0667. The molecular formula is C19H17ClN2OS. The van der Waals surface area contributed by atoms with Crippen molar-refractivity contribution in [1.82, 2.24) is 4.98 Å². The summed E-state index contributed by atoms with van der Waals surface area (Å²) >= 11 is 7.53. The molecule has 0 unspecified atom stereocenters. The lowest BCUT2D eigenvalue weighted by atomic mass is 10.1. The highest BCUT2D eigenvalue weighted by Gasteiger charge is 2.10. The summed E-state index contributed by atoms with van der Waals surface area (Å²) in [4.78, 5) is 16.8. The first kappa shape index (κ1) is 16.7. The summed E-state index contributed by atoms with van der Waals surface area (Å²) in [6, 6.07) is 13.6. The molecule has 3 nitrogen and oxygen atoms in total. The van der Waals surface area contributed by atoms with Gasteiger partial charge in [-0.25, -0.2) is 4.98 Å². The van der Waals surface area contributed by atoms with Crippen molar-refractivity contribution >= 4 is 34.5 Å². The highest BCUT2D eigenvalue weighted by atomic mass is 35.5. The second-order valence-corrected chi connectivity index (χ2v) is 7.05. The molecule has 24 heavy (non-hydrogen) atoms. The summed E-state index contributed by atoms with van der Waals surface area (Å²) in [6.07, 6.45) is 0.254. The third-order valence-corrected chi connectivity index (χ3v) is 4.65. The number of anilines is 1. The van der Waals surface area contributed by atoms with Crippen LogP contribution in [0, 0.1) is 13.8 Å². The zero-order valence-corrected chi connectivity index (χ0v) is 15.0. The van der Waals surface area contributed by atoms with Crippen LogP contribution in [0.1, 0.15) is 16.8 Å². The number of amides is 1. The second kappa shape index (κ2) is 7.16. The van der Waals surface area contributed by atoms with Crippen molar-refractivity contribution in [3.8, 4) is 10.6 Å². The van der Waals surface area contributed by atoms with Gasteiger partial charge in [-0.15, -0.1) is 11.3 Å². The van der Waals surface area contributed by atoms with Crippen LogP contribution >= 0.6 is 22.9 Å². The molecule has 1 N–H and O–H groups in total. The number of rotatable bonds is 4. The molecule has 0 fully saturated rings. The second-order valence-electron chi connectivity index (χ2n) is 5.76. The molecule has 0 saturated heterocycles. The van der Waals surface area contributed by atoms with Crippen LogP contribution in [0.15, 0.2) is 47.8 Å². The molecule has 1 amide bonds. The van der Waals surface area contributed by atoms with Crippen molar-refractivity contribution in [2.45, 2.75) is 20.3 Å². The van der Waals surface area contributed by atoms with E-state index in [-0.39, 0.29) is 12.3 Å². The van der Waals surface area contributed by atoms with Crippen LogP contribution in [0.2, 0.25) is 5.02 Å². The number of hydrogen-bond acceptors (Lipinski definition) is 3. The summed E-state index contributed by atoms with van der Waals surface area (Å²) in [5, 5.41) is 6.39. The maximum atomic E-state index is 12.2. The topological polar surface area (TPSA) is 42.0 Å². The van der Waals surface area contributed by atoms with E-state index >= 15 is 0 Å². The zero-order valence-electron chi connectivity index (χ0n) is 13.5. The van der Waals surface area contributed by atoms with E-state index in [9.17, 15) is 4.79 Å². The molecule has 0 bridgehead atoms. The lowest BCUT2D eigenvalue weighted by molar-refractivity contribution is -0.115. The highest BCUT2D eigenvalue weighted by molar-refractivity contribution is 7.13. The van der Waals surface area contributed by atoms with Crippen LogP contribution in [-0.2, 0) is 11.2 Å². The molecule has 0 atom stereocenters. The molecule has 2 aromatic carbocycles. The van der Waals surface area contributed by atoms with Crippen molar-refractivity contribution in [1.29, 1.82) is 0 Å². The molecule has 3 rings (SSSR count). The Balaban J connectivity index is 1.69. The summed E-state index contributed by atoms with van der Waals surface area (Å²) in [7, 11) is 0. The number of carbonyl (C=O) groups is 1. The van der Waals surface area contributed by atoms with Gasteiger partial charge < -0.3 is 5.32 Å². The van der Waals surface area contributed by atoms with Gasteiger partial charge in [0.15, 0.2) is 0 Å². The smallest absolute Gasteiger partial charge is 0.230 e. The van der Waals surface area contributed by atoms with E-state index < -0.39 is 0 Å². The standard InChI is InChI=1S/C19H17ClN2OS/c1-12-6-13(2)8-16(7-12)21-18(23)10-17-11-24-19(22-17)14-4-3-5-15(20)9-14/h3-9,11H,10H2,1-2H3,(H,21,23). The fourth-order valence-corrected chi connectivity index (χ4v) is 3.57. The average Bonchev–Trinajstić information content (AvgIpc) is 2.94. The Hall–Kier alpha value is -2.17. The molecule has 1 aromatic heterocycles. The Bertz CT molecular complexity index is 868. The van der Waals surface area contributed by atoms with E-state index in [1.165, 1.54) is 11.3 Å². The van der Waals surface area contributed by atoms with Crippen molar-refractivity contribution in [2.24, 2.45) is 0 Å². The van der Waals surface area contributed by atoms with Gasteiger partial charge in [-0.05, 0) is 49.2 Å². The van der Waals surface area contributed by atoms with Crippen LogP contribution in [0.4, 0.5) is 5.69 Å². The van der Waals surface area contributed by atoms with Gasteiger partial charge in [-0.3, -0.25) is 4.79 Å². The quantitative estimate of drug-likeness (QED) is 0.692.